The van der Waals surface area contributed by atoms with Crippen molar-refractivity contribution in [3.05, 3.63) is 47.4 Å². The zero-order valence-electron chi connectivity index (χ0n) is 11.4. The minimum Gasteiger partial charge on any atom is -0.378 e. The summed E-state index contributed by atoms with van der Waals surface area (Å²) in [7, 11) is 0. The van der Waals surface area contributed by atoms with Crippen LogP contribution in [0.1, 0.15) is 24.1 Å². The van der Waals surface area contributed by atoms with E-state index >= 15 is 0 Å². The fourth-order valence-corrected chi connectivity index (χ4v) is 2.61. The Kier molecular flexibility index (Phi) is 3.65. The highest BCUT2D eigenvalue weighted by Crippen LogP contribution is 2.27. The van der Waals surface area contributed by atoms with E-state index < -0.39 is 0 Å². The van der Waals surface area contributed by atoms with Gasteiger partial charge in [0, 0.05) is 30.7 Å². The van der Waals surface area contributed by atoms with Gasteiger partial charge in [0.15, 0.2) is 0 Å². The molecule has 1 fully saturated rings. The quantitative estimate of drug-likeness (QED) is 0.813. The van der Waals surface area contributed by atoms with Gasteiger partial charge in [-0.05, 0) is 43.0 Å². The number of hydrogen-bond acceptors (Lipinski definition) is 3. The number of nitrogens with zero attached hydrogens (tertiary/aromatic N) is 2. The molecule has 100 valence electrons. The van der Waals surface area contributed by atoms with Crippen molar-refractivity contribution in [1.82, 2.24) is 9.88 Å². The molecule has 3 rings (SSSR count). The summed E-state index contributed by atoms with van der Waals surface area (Å²) in [6.07, 6.45) is 8.88. The number of aryl methyl sites for hydroxylation is 1. The van der Waals surface area contributed by atoms with E-state index in [1.54, 1.807) is 0 Å². The van der Waals surface area contributed by atoms with Crippen molar-refractivity contribution in [2.75, 3.05) is 26.3 Å². The van der Waals surface area contributed by atoms with Gasteiger partial charge in [-0.2, -0.15) is 0 Å². The molecule has 0 unspecified atom stereocenters. The van der Waals surface area contributed by atoms with Crippen molar-refractivity contribution < 1.29 is 4.74 Å². The van der Waals surface area contributed by atoms with Gasteiger partial charge in [-0.1, -0.05) is 12.1 Å². The third-order valence-corrected chi connectivity index (χ3v) is 3.75. The van der Waals surface area contributed by atoms with Crippen molar-refractivity contribution >= 4 is 5.57 Å². The second-order valence-electron chi connectivity index (χ2n) is 5.12. The Hall–Kier alpha value is -1.61. The lowest BCUT2D eigenvalue weighted by atomic mass is 9.96. The van der Waals surface area contributed by atoms with Crippen LogP contribution in [0.4, 0.5) is 0 Å². The van der Waals surface area contributed by atoms with E-state index in [2.05, 4.69) is 34.2 Å². The van der Waals surface area contributed by atoms with Crippen LogP contribution >= 0.6 is 0 Å². The van der Waals surface area contributed by atoms with Gasteiger partial charge in [0.05, 0.1) is 13.2 Å². The molecule has 0 saturated carbocycles. The van der Waals surface area contributed by atoms with E-state index in [4.69, 9.17) is 4.74 Å². The van der Waals surface area contributed by atoms with Gasteiger partial charge < -0.3 is 9.64 Å². The van der Waals surface area contributed by atoms with Crippen LogP contribution in [0.25, 0.3) is 5.57 Å². The van der Waals surface area contributed by atoms with Crippen molar-refractivity contribution in [1.29, 1.82) is 0 Å². The van der Waals surface area contributed by atoms with E-state index in [9.17, 15) is 0 Å². The van der Waals surface area contributed by atoms with Crippen LogP contribution in [0.3, 0.4) is 0 Å². The number of morpholine rings is 1. The fourth-order valence-electron chi connectivity index (χ4n) is 2.61. The number of rotatable bonds is 2. The summed E-state index contributed by atoms with van der Waals surface area (Å²) in [5.41, 5.74) is 5.08. The maximum Gasteiger partial charge on any atom is 0.0642 e. The first-order chi connectivity index (χ1) is 9.33. The van der Waals surface area contributed by atoms with Crippen LogP contribution < -0.4 is 0 Å². The Morgan fingerprint density at radius 1 is 1.21 bits per heavy atom. The van der Waals surface area contributed by atoms with E-state index in [-0.39, 0.29) is 0 Å². The van der Waals surface area contributed by atoms with Crippen LogP contribution in [0.15, 0.2) is 36.2 Å². The minimum atomic E-state index is 0.840. The Bertz CT molecular complexity index is 496. The maximum absolute atomic E-state index is 5.42. The Balaban J connectivity index is 1.80. The molecule has 1 saturated heterocycles. The van der Waals surface area contributed by atoms with Crippen LogP contribution in [-0.4, -0.2) is 36.2 Å². The highest BCUT2D eigenvalue weighted by atomic mass is 16.5. The van der Waals surface area contributed by atoms with Crippen molar-refractivity contribution in [2.45, 2.75) is 19.8 Å². The normalized spacial score (nSPS) is 19.9. The molecule has 1 aromatic rings. The van der Waals surface area contributed by atoms with Crippen molar-refractivity contribution in [3.8, 4) is 0 Å². The third kappa shape index (κ3) is 2.87. The summed E-state index contributed by atoms with van der Waals surface area (Å²) in [5.74, 6) is 0. The van der Waals surface area contributed by atoms with Gasteiger partial charge >= 0.3 is 0 Å². The molecule has 2 heterocycles. The Morgan fingerprint density at radius 2 is 2.05 bits per heavy atom. The maximum atomic E-state index is 5.42. The highest BCUT2D eigenvalue weighted by Gasteiger charge is 2.15. The number of ether oxygens (including phenoxy) is 1. The summed E-state index contributed by atoms with van der Waals surface area (Å²) >= 11 is 0. The highest BCUT2D eigenvalue weighted by molar-refractivity contribution is 5.69. The lowest BCUT2D eigenvalue weighted by Crippen LogP contribution is -2.35. The van der Waals surface area contributed by atoms with Crippen LogP contribution in [0.2, 0.25) is 0 Å². The number of hydrogen-bond donors (Lipinski definition) is 0. The zero-order valence-corrected chi connectivity index (χ0v) is 11.4. The van der Waals surface area contributed by atoms with E-state index in [0.717, 1.165) is 44.8 Å². The summed E-state index contributed by atoms with van der Waals surface area (Å²) < 4.78 is 5.42. The Morgan fingerprint density at radius 3 is 2.79 bits per heavy atom. The lowest BCUT2D eigenvalue weighted by molar-refractivity contribution is 0.0552. The van der Waals surface area contributed by atoms with E-state index in [1.807, 2.05) is 13.1 Å². The predicted molar refractivity (Wildman–Crippen MR) is 76.7 cm³/mol. The second-order valence-corrected chi connectivity index (χ2v) is 5.12. The molecule has 0 amide bonds. The molecule has 0 N–H and O–H groups in total. The molecular formula is C16H20N2O. The van der Waals surface area contributed by atoms with Gasteiger partial charge in [-0.25, -0.2) is 0 Å². The average molecular weight is 256 g/mol. The minimum absolute atomic E-state index is 0.840. The van der Waals surface area contributed by atoms with Crippen LogP contribution in [0, 0.1) is 6.92 Å². The average Bonchev–Trinajstić information content (AvgIpc) is 2.49. The molecule has 0 aromatic carbocycles. The zero-order chi connectivity index (χ0) is 13.1. The van der Waals surface area contributed by atoms with Gasteiger partial charge in [0.25, 0.3) is 0 Å². The van der Waals surface area contributed by atoms with E-state index in [0.29, 0.717) is 0 Å². The second kappa shape index (κ2) is 5.57. The van der Waals surface area contributed by atoms with E-state index in [1.165, 1.54) is 16.8 Å². The first-order valence-corrected chi connectivity index (χ1v) is 6.99. The molecule has 1 aliphatic heterocycles. The monoisotopic (exact) mass is 256 g/mol. The number of pyridine rings is 1. The summed E-state index contributed by atoms with van der Waals surface area (Å²) in [6.45, 7) is 5.71. The summed E-state index contributed by atoms with van der Waals surface area (Å²) in [6, 6.07) is 4.26. The molecule has 0 atom stereocenters. The molecule has 1 aliphatic carbocycles. The predicted octanol–water partition coefficient (Wildman–Crippen LogP) is 2.78. The molecule has 0 spiro atoms. The molecule has 1 aromatic heterocycles. The molecular weight excluding hydrogens is 236 g/mol. The molecule has 3 heteroatoms. The first-order valence-electron chi connectivity index (χ1n) is 6.99. The van der Waals surface area contributed by atoms with Crippen LogP contribution in [0.5, 0.6) is 0 Å². The van der Waals surface area contributed by atoms with Gasteiger partial charge in [-0.15, -0.1) is 0 Å². The molecule has 3 nitrogen and oxygen atoms in total. The molecule has 0 bridgehead atoms. The summed E-state index contributed by atoms with van der Waals surface area (Å²) in [5, 5.41) is 0. The smallest absolute Gasteiger partial charge is 0.0642 e. The standard InChI is InChI=1S/C16H20N2O/c1-13-5-6-15(12-17-13)14-3-2-4-16(11-14)18-7-9-19-10-8-18/h4-6,11-12H,2-3,7-10H2,1H3. The molecule has 0 radical (unpaired) electrons. The SMILES string of the molecule is Cc1ccc(C2=CC(N3CCOCC3)=CCC2)cn1. The van der Waals surface area contributed by atoms with Crippen molar-refractivity contribution in [2.24, 2.45) is 0 Å². The topological polar surface area (TPSA) is 25.4 Å². The lowest BCUT2D eigenvalue weighted by Gasteiger charge is -2.31. The number of allylic oxidation sites excluding steroid dienone is 3. The van der Waals surface area contributed by atoms with Crippen LogP contribution in [-0.2, 0) is 4.74 Å². The molecule has 19 heavy (non-hydrogen) atoms. The fraction of sp³-hybridized carbons (Fsp3) is 0.438. The third-order valence-electron chi connectivity index (χ3n) is 3.75. The summed E-state index contributed by atoms with van der Waals surface area (Å²) in [4.78, 5) is 6.82. The van der Waals surface area contributed by atoms with Gasteiger partial charge in [0.1, 0.15) is 0 Å². The number of aromatic nitrogens is 1. The van der Waals surface area contributed by atoms with Gasteiger partial charge in [0.2, 0.25) is 0 Å². The van der Waals surface area contributed by atoms with Crippen molar-refractivity contribution in [3.63, 3.8) is 0 Å². The first kappa shape index (κ1) is 12.4. The van der Waals surface area contributed by atoms with Gasteiger partial charge in [-0.3, -0.25) is 4.98 Å². The largest absolute Gasteiger partial charge is 0.378 e. The Labute approximate surface area is 114 Å². The molecule has 2 aliphatic rings.